The lowest BCUT2D eigenvalue weighted by atomic mass is 10.1. The Morgan fingerprint density at radius 1 is 1.53 bits per heavy atom. The molecule has 0 saturated carbocycles. The van der Waals surface area contributed by atoms with E-state index in [0.717, 1.165) is 31.9 Å². The molecule has 2 unspecified atom stereocenters. The van der Waals surface area contributed by atoms with E-state index in [2.05, 4.69) is 41.2 Å². The van der Waals surface area contributed by atoms with E-state index in [1.54, 1.807) is 7.11 Å². The number of rotatable bonds is 5. The molecule has 2 heterocycles. The van der Waals surface area contributed by atoms with Crippen molar-refractivity contribution in [3.63, 3.8) is 0 Å². The molecular formula is C15H25N3O. The van der Waals surface area contributed by atoms with Crippen molar-refractivity contribution >= 4 is 5.82 Å². The number of anilines is 1. The molecule has 19 heavy (non-hydrogen) atoms. The first kappa shape index (κ1) is 14.3. The van der Waals surface area contributed by atoms with Gasteiger partial charge in [0.15, 0.2) is 0 Å². The summed E-state index contributed by atoms with van der Waals surface area (Å²) in [4.78, 5) is 6.92. The van der Waals surface area contributed by atoms with E-state index in [4.69, 9.17) is 4.74 Å². The number of nitrogens with zero attached hydrogens (tertiary/aromatic N) is 2. The normalized spacial score (nSPS) is 21.4. The van der Waals surface area contributed by atoms with E-state index in [-0.39, 0.29) is 0 Å². The summed E-state index contributed by atoms with van der Waals surface area (Å²) in [5.41, 5.74) is 1.24. The minimum Gasteiger partial charge on any atom is -0.380 e. The summed E-state index contributed by atoms with van der Waals surface area (Å²) < 4.78 is 5.46. The first-order valence-corrected chi connectivity index (χ1v) is 7.21. The van der Waals surface area contributed by atoms with Gasteiger partial charge in [-0.15, -0.1) is 0 Å². The molecule has 1 aromatic rings. The first-order valence-electron chi connectivity index (χ1n) is 7.21. The van der Waals surface area contributed by atoms with Crippen molar-refractivity contribution in [2.24, 2.45) is 0 Å². The molecule has 1 N–H and O–H groups in total. The van der Waals surface area contributed by atoms with E-state index in [1.807, 2.05) is 6.20 Å². The van der Waals surface area contributed by atoms with Gasteiger partial charge in [0, 0.05) is 32.4 Å². The Hall–Kier alpha value is -1.13. The Bertz CT molecular complexity index is 379. The molecule has 1 aliphatic heterocycles. The third kappa shape index (κ3) is 3.67. The van der Waals surface area contributed by atoms with Crippen molar-refractivity contribution in [2.45, 2.75) is 38.8 Å². The van der Waals surface area contributed by atoms with Crippen LogP contribution >= 0.6 is 0 Å². The van der Waals surface area contributed by atoms with Gasteiger partial charge in [-0.3, -0.25) is 0 Å². The zero-order valence-electron chi connectivity index (χ0n) is 12.2. The van der Waals surface area contributed by atoms with Crippen LogP contribution < -0.4 is 10.2 Å². The van der Waals surface area contributed by atoms with Crippen LogP contribution in [0.3, 0.4) is 0 Å². The summed E-state index contributed by atoms with van der Waals surface area (Å²) in [5.74, 6) is 1.06. The largest absolute Gasteiger partial charge is 0.380 e. The lowest BCUT2D eigenvalue weighted by Gasteiger charge is -2.32. The van der Waals surface area contributed by atoms with Crippen LogP contribution in [-0.4, -0.2) is 37.8 Å². The van der Waals surface area contributed by atoms with Gasteiger partial charge < -0.3 is 15.0 Å². The van der Waals surface area contributed by atoms with Crippen molar-refractivity contribution in [1.29, 1.82) is 0 Å². The molecule has 1 fully saturated rings. The average molecular weight is 263 g/mol. The second-order valence-corrected chi connectivity index (χ2v) is 5.18. The highest BCUT2D eigenvalue weighted by atomic mass is 16.5. The Kier molecular flexibility index (Phi) is 5.16. The molecule has 4 nitrogen and oxygen atoms in total. The van der Waals surface area contributed by atoms with Crippen molar-refractivity contribution in [2.75, 3.05) is 31.6 Å². The number of methoxy groups -OCH3 is 1. The summed E-state index contributed by atoms with van der Waals surface area (Å²) in [5, 5.41) is 3.40. The average Bonchev–Trinajstić information content (AvgIpc) is 2.48. The number of hydrogen-bond acceptors (Lipinski definition) is 4. The van der Waals surface area contributed by atoms with Crippen LogP contribution in [0.2, 0.25) is 0 Å². The topological polar surface area (TPSA) is 37.4 Å². The van der Waals surface area contributed by atoms with Gasteiger partial charge >= 0.3 is 0 Å². The zero-order chi connectivity index (χ0) is 13.7. The maximum absolute atomic E-state index is 5.46. The van der Waals surface area contributed by atoms with Gasteiger partial charge in [-0.05, 0) is 37.9 Å². The number of hydrogen-bond donors (Lipinski definition) is 1. The predicted octanol–water partition coefficient (Wildman–Crippen LogP) is 2.37. The highest BCUT2D eigenvalue weighted by Gasteiger charge is 2.20. The van der Waals surface area contributed by atoms with Crippen molar-refractivity contribution in [1.82, 2.24) is 10.3 Å². The van der Waals surface area contributed by atoms with Gasteiger partial charge in [-0.1, -0.05) is 13.0 Å². The number of aromatic nitrogens is 1. The van der Waals surface area contributed by atoms with E-state index in [9.17, 15) is 0 Å². The van der Waals surface area contributed by atoms with Gasteiger partial charge in [0.05, 0.1) is 6.10 Å². The molecular weight excluding hydrogens is 238 g/mol. The van der Waals surface area contributed by atoms with Gasteiger partial charge in [0.1, 0.15) is 5.82 Å². The highest BCUT2D eigenvalue weighted by molar-refractivity contribution is 5.40. The molecule has 0 bridgehead atoms. The zero-order valence-corrected chi connectivity index (χ0v) is 12.2. The summed E-state index contributed by atoms with van der Waals surface area (Å²) in [6.45, 7) is 7.30. The molecule has 0 aliphatic carbocycles. The number of ether oxygens (including phenoxy) is 1. The third-order valence-electron chi connectivity index (χ3n) is 3.82. The van der Waals surface area contributed by atoms with Crippen molar-refractivity contribution in [3.8, 4) is 0 Å². The minimum absolute atomic E-state index is 0.343. The molecule has 106 valence electrons. The lowest BCUT2D eigenvalue weighted by molar-refractivity contribution is 0.0891. The number of nitrogens with one attached hydrogen (secondary N) is 1. The molecule has 2 atom stereocenters. The SMILES string of the molecule is CCNC(C)c1ccc(N2CCCC(OC)C2)nc1. The van der Waals surface area contributed by atoms with Gasteiger partial charge in [-0.25, -0.2) is 4.98 Å². The van der Waals surface area contributed by atoms with Crippen LogP contribution in [0.5, 0.6) is 0 Å². The number of pyridine rings is 1. The third-order valence-corrected chi connectivity index (χ3v) is 3.82. The quantitative estimate of drug-likeness (QED) is 0.885. The second-order valence-electron chi connectivity index (χ2n) is 5.18. The molecule has 1 aromatic heterocycles. The van der Waals surface area contributed by atoms with Crippen LogP contribution in [0, 0.1) is 0 Å². The fourth-order valence-electron chi connectivity index (χ4n) is 2.60. The second kappa shape index (κ2) is 6.87. The molecule has 2 rings (SSSR count). The highest BCUT2D eigenvalue weighted by Crippen LogP contribution is 2.20. The van der Waals surface area contributed by atoms with E-state index >= 15 is 0 Å². The number of piperidine rings is 1. The maximum Gasteiger partial charge on any atom is 0.128 e. The van der Waals surface area contributed by atoms with Crippen molar-refractivity contribution < 1.29 is 4.74 Å². The lowest BCUT2D eigenvalue weighted by Crippen LogP contribution is -2.39. The monoisotopic (exact) mass is 263 g/mol. The molecule has 4 heteroatoms. The first-order chi connectivity index (χ1) is 9.24. The van der Waals surface area contributed by atoms with Gasteiger partial charge in [0.2, 0.25) is 0 Å². The molecule has 0 amide bonds. The molecule has 0 spiro atoms. The standard InChI is InChI=1S/C15H25N3O/c1-4-16-12(2)13-7-8-15(17-10-13)18-9-5-6-14(11-18)19-3/h7-8,10,12,14,16H,4-6,9,11H2,1-3H3. The van der Waals surface area contributed by atoms with Crippen LogP contribution in [0.15, 0.2) is 18.3 Å². The van der Waals surface area contributed by atoms with Gasteiger partial charge in [0.25, 0.3) is 0 Å². The van der Waals surface area contributed by atoms with Crippen molar-refractivity contribution in [3.05, 3.63) is 23.9 Å². The van der Waals surface area contributed by atoms with Crippen LogP contribution in [0.4, 0.5) is 5.82 Å². The summed E-state index contributed by atoms with van der Waals surface area (Å²) >= 11 is 0. The Morgan fingerprint density at radius 2 is 2.37 bits per heavy atom. The maximum atomic E-state index is 5.46. The Balaban J connectivity index is 2.01. The Morgan fingerprint density at radius 3 is 3.00 bits per heavy atom. The minimum atomic E-state index is 0.343. The fourth-order valence-corrected chi connectivity index (χ4v) is 2.60. The molecule has 1 saturated heterocycles. The van der Waals surface area contributed by atoms with Crippen LogP contribution in [0.1, 0.15) is 38.3 Å². The van der Waals surface area contributed by atoms with E-state index in [0.29, 0.717) is 12.1 Å². The Labute approximate surface area is 116 Å². The molecule has 0 radical (unpaired) electrons. The molecule has 1 aliphatic rings. The predicted molar refractivity (Wildman–Crippen MR) is 78.6 cm³/mol. The summed E-state index contributed by atoms with van der Waals surface area (Å²) in [7, 11) is 1.79. The van der Waals surface area contributed by atoms with E-state index < -0.39 is 0 Å². The molecule has 0 aromatic carbocycles. The van der Waals surface area contributed by atoms with Gasteiger partial charge in [-0.2, -0.15) is 0 Å². The van der Waals surface area contributed by atoms with Crippen LogP contribution in [0.25, 0.3) is 0 Å². The van der Waals surface area contributed by atoms with E-state index in [1.165, 1.54) is 12.0 Å². The fraction of sp³-hybridized carbons (Fsp3) is 0.667. The summed E-state index contributed by atoms with van der Waals surface area (Å²) in [6, 6.07) is 4.66. The summed E-state index contributed by atoms with van der Waals surface area (Å²) in [6.07, 6.45) is 4.66. The smallest absolute Gasteiger partial charge is 0.128 e. The van der Waals surface area contributed by atoms with Crippen LogP contribution in [-0.2, 0) is 4.74 Å².